The molecule has 0 spiro atoms. The highest BCUT2D eigenvalue weighted by Gasteiger charge is 2.19. The van der Waals surface area contributed by atoms with Crippen LogP contribution in [0.4, 0.5) is 4.79 Å². The maximum absolute atomic E-state index is 11.5. The number of hydrogen-bond acceptors (Lipinski definition) is 7. The molecule has 0 unspecified atom stereocenters. The summed E-state index contributed by atoms with van der Waals surface area (Å²) < 4.78 is 4.62. The van der Waals surface area contributed by atoms with E-state index in [0.29, 0.717) is 25.8 Å². The molecule has 1 atom stereocenters. The average Bonchev–Trinajstić information content (AvgIpc) is 2.45. The van der Waals surface area contributed by atoms with E-state index in [-0.39, 0.29) is 5.91 Å². The molecule has 134 valence electrons. The summed E-state index contributed by atoms with van der Waals surface area (Å²) in [5.41, 5.74) is 4.40. The van der Waals surface area contributed by atoms with E-state index in [9.17, 15) is 14.4 Å². The molecule has 0 saturated heterocycles. The Morgan fingerprint density at radius 2 is 1.78 bits per heavy atom. The van der Waals surface area contributed by atoms with Gasteiger partial charge in [0.25, 0.3) is 0 Å². The number of rotatable bonds is 9. The second-order valence-electron chi connectivity index (χ2n) is 5.89. The van der Waals surface area contributed by atoms with Crippen molar-refractivity contribution >= 4 is 18.0 Å². The molecule has 9 heteroatoms. The van der Waals surface area contributed by atoms with Gasteiger partial charge in [-0.2, -0.15) is 4.89 Å². The molecule has 0 aliphatic heterocycles. The van der Waals surface area contributed by atoms with Crippen molar-refractivity contribution in [3.05, 3.63) is 0 Å². The van der Waals surface area contributed by atoms with Gasteiger partial charge in [0.15, 0.2) is 0 Å². The summed E-state index contributed by atoms with van der Waals surface area (Å²) in [5, 5.41) is 2.53. The first-order chi connectivity index (χ1) is 10.7. The molecule has 23 heavy (non-hydrogen) atoms. The summed E-state index contributed by atoms with van der Waals surface area (Å²) >= 11 is 0. The molecule has 0 aliphatic carbocycles. The second kappa shape index (κ2) is 10.8. The molecule has 0 aliphatic rings. The van der Waals surface area contributed by atoms with E-state index in [1.54, 1.807) is 20.8 Å². The van der Waals surface area contributed by atoms with Gasteiger partial charge in [-0.1, -0.05) is 0 Å². The Bertz CT molecular complexity index is 394. The molecular weight excluding hydrogens is 306 g/mol. The normalized spacial score (nSPS) is 12.2. The van der Waals surface area contributed by atoms with Crippen LogP contribution < -0.4 is 16.2 Å². The van der Waals surface area contributed by atoms with E-state index in [0.717, 1.165) is 0 Å². The molecule has 0 fully saturated rings. The zero-order chi connectivity index (χ0) is 17.9. The number of esters is 1. The lowest BCUT2D eigenvalue weighted by Gasteiger charge is -2.17. The van der Waals surface area contributed by atoms with E-state index in [1.165, 1.54) is 14.0 Å². The van der Waals surface area contributed by atoms with Crippen LogP contribution in [0.25, 0.3) is 0 Å². The minimum atomic E-state index is -0.745. The van der Waals surface area contributed by atoms with Gasteiger partial charge >= 0.3 is 12.1 Å². The van der Waals surface area contributed by atoms with Crippen LogP contribution in [0.3, 0.4) is 0 Å². The number of nitrogens with one attached hydrogen (secondary N) is 3. The van der Waals surface area contributed by atoms with Crippen LogP contribution in [-0.4, -0.2) is 43.3 Å². The van der Waals surface area contributed by atoms with Crippen molar-refractivity contribution in [3.8, 4) is 0 Å². The Morgan fingerprint density at radius 1 is 1.13 bits per heavy atom. The van der Waals surface area contributed by atoms with Crippen molar-refractivity contribution in [3.63, 3.8) is 0 Å². The lowest BCUT2D eigenvalue weighted by atomic mass is 10.1. The van der Waals surface area contributed by atoms with Gasteiger partial charge < -0.3 is 10.1 Å². The third-order valence-corrected chi connectivity index (χ3v) is 2.47. The molecule has 0 rings (SSSR count). The van der Waals surface area contributed by atoms with Crippen LogP contribution in [0, 0.1) is 0 Å². The Morgan fingerprint density at radius 3 is 2.30 bits per heavy atom. The monoisotopic (exact) mass is 333 g/mol. The molecule has 0 saturated carbocycles. The Hall–Kier alpha value is -1.87. The number of ether oxygens (including phenoxy) is 1. The number of methoxy groups -OCH3 is 1. The van der Waals surface area contributed by atoms with E-state index in [4.69, 9.17) is 4.89 Å². The smallest absolute Gasteiger partial charge is 0.452 e. The fourth-order valence-corrected chi connectivity index (χ4v) is 1.52. The highest BCUT2D eigenvalue weighted by molar-refractivity contribution is 5.83. The van der Waals surface area contributed by atoms with Gasteiger partial charge in [-0.3, -0.25) is 15.1 Å². The lowest BCUT2D eigenvalue weighted by Crippen LogP contribution is -2.41. The first-order valence-corrected chi connectivity index (χ1v) is 7.39. The van der Waals surface area contributed by atoms with Crippen molar-refractivity contribution in [1.29, 1.82) is 0 Å². The molecule has 3 N–H and O–H groups in total. The standard InChI is InChI=1S/C14H27N3O6/c1-10(18)16-11(12(19)21-5)8-6-7-9-15-17-13(20)22-23-14(2,3)4/h11,15H,6-9H2,1-5H3,(H,16,18)(H,17,20)/t11-/m0/s1. The van der Waals surface area contributed by atoms with Crippen LogP contribution in [0.15, 0.2) is 0 Å². The summed E-state index contributed by atoms with van der Waals surface area (Å²) in [6.45, 7) is 7.06. The lowest BCUT2D eigenvalue weighted by molar-refractivity contribution is -0.300. The Kier molecular flexibility index (Phi) is 9.91. The molecule has 9 nitrogen and oxygen atoms in total. The summed E-state index contributed by atoms with van der Waals surface area (Å²) in [6, 6.07) is -0.657. The number of amides is 2. The second-order valence-corrected chi connectivity index (χ2v) is 5.89. The number of carbonyl (C=O) groups is 3. The predicted molar refractivity (Wildman–Crippen MR) is 81.9 cm³/mol. The number of hydrazine groups is 1. The molecular formula is C14H27N3O6. The van der Waals surface area contributed by atoms with Gasteiger partial charge in [0.1, 0.15) is 11.6 Å². The topological polar surface area (TPSA) is 115 Å². The first-order valence-electron chi connectivity index (χ1n) is 7.39. The van der Waals surface area contributed by atoms with Crippen LogP contribution in [0.5, 0.6) is 0 Å². The molecule has 0 aromatic heterocycles. The first kappa shape index (κ1) is 21.1. The van der Waals surface area contributed by atoms with Crippen LogP contribution in [0.1, 0.15) is 47.0 Å². The molecule has 0 bridgehead atoms. The Balaban J connectivity index is 3.79. The van der Waals surface area contributed by atoms with Crippen molar-refractivity contribution in [2.24, 2.45) is 0 Å². The maximum Gasteiger partial charge on any atom is 0.452 e. The van der Waals surface area contributed by atoms with Crippen molar-refractivity contribution in [2.45, 2.75) is 58.6 Å². The van der Waals surface area contributed by atoms with Gasteiger partial charge in [0, 0.05) is 13.5 Å². The highest BCUT2D eigenvalue weighted by Crippen LogP contribution is 2.06. The minimum absolute atomic E-state index is 0.290. The molecule has 0 aromatic carbocycles. The molecule has 0 heterocycles. The summed E-state index contributed by atoms with van der Waals surface area (Å²) in [7, 11) is 1.27. The van der Waals surface area contributed by atoms with Crippen molar-refractivity contribution in [1.82, 2.24) is 16.2 Å². The van der Waals surface area contributed by atoms with Crippen molar-refractivity contribution < 1.29 is 28.9 Å². The van der Waals surface area contributed by atoms with Gasteiger partial charge in [0.05, 0.1) is 7.11 Å². The quantitative estimate of drug-likeness (QED) is 0.247. The highest BCUT2D eigenvalue weighted by atomic mass is 17.2. The molecule has 0 radical (unpaired) electrons. The van der Waals surface area contributed by atoms with E-state index in [2.05, 4.69) is 25.8 Å². The fraction of sp³-hybridized carbons (Fsp3) is 0.786. The summed E-state index contributed by atoms with van der Waals surface area (Å²) in [5.74, 6) is -0.768. The average molecular weight is 333 g/mol. The number of carbonyl (C=O) groups excluding carboxylic acids is 3. The minimum Gasteiger partial charge on any atom is -0.467 e. The number of unbranched alkanes of at least 4 members (excludes halogenated alkanes) is 1. The van der Waals surface area contributed by atoms with Gasteiger partial charge in [-0.15, -0.1) is 0 Å². The van der Waals surface area contributed by atoms with Crippen LogP contribution >= 0.6 is 0 Å². The van der Waals surface area contributed by atoms with E-state index < -0.39 is 23.7 Å². The van der Waals surface area contributed by atoms with E-state index >= 15 is 0 Å². The fourth-order valence-electron chi connectivity index (χ4n) is 1.52. The maximum atomic E-state index is 11.5. The van der Waals surface area contributed by atoms with Gasteiger partial charge in [-0.05, 0) is 40.0 Å². The Labute approximate surface area is 136 Å². The summed E-state index contributed by atoms with van der Waals surface area (Å²) in [4.78, 5) is 43.1. The predicted octanol–water partition coefficient (Wildman–Crippen LogP) is 0.795. The van der Waals surface area contributed by atoms with E-state index in [1.807, 2.05) is 0 Å². The van der Waals surface area contributed by atoms with Crippen LogP contribution in [-0.2, 0) is 24.1 Å². The van der Waals surface area contributed by atoms with Gasteiger partial charge in [-0.25, -0.2) is 15.0 Å². The number of hydrogen-bond donors (Lipinski definition) is 3. The van der Waals surface area contributed by atoms with Crippen molar-refractivity contribution in [2.75, 3.05) is 13.7 Å². The van der Waals surface area contributed by atoms with Crippen LogP contribution in [0.2, 0.25) is 0 Å². The third-order valence-electron chi connectivity index (χ3n) is 2.47. The van der Waals surface area contributed by atoms with Gasteiger partial charge in [0.2, 0.25) is 5.91 Å². The molecule has 2 amide bonds. The zero-order valence-electron chi connectivity index (χ0n) is 14.4. The zero-order valence-corrected chi connectivity index (χ0v) is 14.4. The largest absolute Gasteiger partial charge is 0.467 e. The molecule has 0 aromatic rings. The summed E-state index contributed by atoms with van der Waals surface area (Å²) in [6.07, 6.45) is 1.03. The SMILES string of the molecule is COC(=O)[C@H](CCCCNNC(=O)OOC(C)(C)C)NC(C)=O. The third kappa shape index (κ3) is 12.4.